The van der Waals surface area contributed by atoms with Gasteiger partial charge in [-0.1, -0.05) is 35.5 Å². The lowest BCUT2D eigenvalue weighted by Crippen LogP contribution is -2.37. The van der Waals surface area contributed by atoms with Gasteiger partial charge in [-0.3, -0.25) is 9.69 Å². The van der Waals surface area contributed by atoms with Gasteiger partial charge in [0.05, 0.1) is 12.2 Å². The minimum atomic E-state index is -0.650. The van der Waals surface area contributed by atoms with E-state index in [0.717, 1.165) is 23.8 Å². The highest BCUT2D eigenvalue weighted by atomic mass is 19.1. The molecule has 6 nitrogen and oxygen atoms in total. The molecule has 0 aliphatic carbocycles. The molecule has 2 aromatic carbocycles. The summed E-state index contributed by atoms with van der Waals surface area (Å²) in [6.07, 6.45) is 1.23. The van der Waals surface area contributed by atoms with Gasteiger partial charge in [-0.25, -0.2) is 8.78 Å². The zero-order chi connectivity index (χ0) is 20.2. The number of hydrogen-bond acceptors (Lipinski definition) is 5. The van der Waals surface area contributed by atoms with Gasteiger partial charge in [0.2, 0.25) is 17.6 Å². The highest BCUT2D eigenvalue weighted by molar-refractivity contribution is 5.92. The number of anilines is 1. The Balaban J connectivity index is 1.30. The monoisotopic (exact) mass is 398 g/mol. The number of carbonyl (C=O) groups excluding carboxylic acids is 1. The minimum absolute atomic E-state index is 0.128. The maximum atomic E-state index is 13.7. The predicted molar refractivity (Wildman–Crippen MR) is 103 cm³/mol. The Bertz CT molecular complexity index is 985. The van der Waals surface area contributed by atoms with E-state index in [0.29, 0.717) is 44.2 Å². The summed E-state index contributed by atoms with van der Waals surface area (Å²) >= 11 is 0. The van der Waals surface area contributed by atoms with Crippen LogP contribution in [0.3, 0.4) is 0 Å². The fourth-order valence-corrected chi connectivity index (χ4v) is 3.40. The lowest BCUT2D eigenvalue weighted by molar-refractivity contribution is -0.121. The Labute approximate surface area is 166 Å². The van der Waals surface area contributed by atoms with Gasteiger partial charge >= 0.3 is 0 Å². The average Bonchev–Trinajstić information content (AvgIpc) is 3.20. The van der Waals surface area contributed by atoms with Crippen LogP contribution in [0.5, 0.6) is 0 Å². The number of benzene rings is 2. The molecule has 0 saturated carbocycles. The van der Waals surface area contributed by atoms with E-state index in [9.17, 15) is 13.6 Å². The normalized spacial score (nSPS) is 15.4. The summed E-state index contributed by atoms with van der Waals surface area (Å²) in [4.78, 5) is 19.0. The van der Waals surface area contributed by atoms with Gasteiger partial charge < -0.3 is 9.84 Å². The third-order valence-electron chi connectivity index (χ3n) is 5.00. The SMILES string of the molecule is O=C(Nc1cc(F)ccc1F)C1CCN(Cc2nc(-c3ccccc3)no2)CC1. The van der Waals surface area contributed by atoms with Crippen molar-refractivity contribution in [1.29, 1.82) is 0 Å². The molecule has 1 aromatic heterocycles. The highest BCUT2D eigenvalue weighted by Gasteiger charge is 2.26. The van der Waals surface area contributed by atoms with Crippen LogP contribution in [0.15, 0.2) is 53.1 Å². The molecule has 29 heavy (non-hydrogen) atoms. The Kier molecular flexibility index (Phi) is 5.62. The molecule has 8 heteroatoms. The van der Waals surface area contributed by atoms with Crippen LogP contribution in [-0.4, -0.2) is 34.0 Å². The fraction of sp³-hybridized carbons (Fsp3) is 0.286. The first-order valence-corrected chi connectivity index (χ1v) is 9.45. The number of halogens is 2. The average molecular weight is 398 g/mol. The van der Waals surface area contributed by atoms with Gasteiger partial charge in [0, 0.05) is 17.5 Å². The molecule has 4 rings (SSSR count). The zero-order valence-electron chi connectivity index (χ0n) is 15.6. The molecule has 0 spiro atoms. The number of amides is 1. The van der Waals surface area contributed by atoms with Crippen molar-refractivity contribution in [3.05, 3.63) is 66.1 Å². The maximum Gasteiger partial charge on any atom is 0.241 e. The van der Waals surface area contributed by atoms with Crippen LogP contribution in [0.2, 0.25) is 0 Å². The summed E-state index contributed by atoms with van der Waals surface area (Å²) in [6, 6.07) is 12.6. The Hall–Kier alpha value is -3.13. The topological polar surface area (TPSA) is 71.3 Å². The third kappa shape index (κ3) is 4.65. The van der Waals surface area contributed by atoms with Crippen LogP contribution in [0.25, 0.3) is 11.4 Å². The first kappa shape index (κ1) is 19.2. The van der Waals surface area contributed by atoms with Crippen LogP contribution in [0.1, 0.15) is 18.7 Å². The molecule has 0 radical (unpaired) electrons. The van der Waals surface area contributed by atoms with Gasteiger partial charge in [-0.05, 0) is 38.1 Å². The van der Waals surface area contributed by atoms with Crippen LogP contribution in [0.4, 0.5) is 14.5 Å². The minimum Gasteiger partial charge on any atom is -0.338 e. The molecule has 3 aromatic rings. The van der Waals surface area contributed by atoms with Gasteiger partial charge in [-0.15, -0.1) is 0 Å². The van der Waals surface area contributed by atoms with Crippen molar-refractivity contribution >= 4 is 11.6 Å². The summed E-state index contributed by atoms with van der Waals surface area (Å²) in [5.74, 6) is -0.718. The van der Waals surface area contributed by atoms with Crippen molar-refractivity contribution in [2.45, 2.75) is 19.4 Å². The lowest BCUT2D eigenvalue weighted by Gasteiger charge is -2.30. The van der Waals surface area contributed by atoms with Crippen molar-refractivity contribution in [2.24, 2.45) is 5.92 Å². The molecule has 1 amide bonds. The summed E-state index contributed by atoms with van der Waals surface area (Å²) in [7, 11) is 0. The Morgan fingerprint density at radius 3 is 2.66 bits per heavy atom. The van der Waals surface area contributed by atoms with Gasteiger partial charge in [-0.2, -0.15) is 4.98 Å². The van der Waals surface area contributed by atoms with E-state index in [4.69, 9.17) is 4.52 Å². The number of piperidine rings is 1. The summed E-state index contributed by atoms with van der Waals surface area (Å²) in [5, 5.41) is 6.51. The third-order valence-corrected chi connectivity index (χ3v) is 5.00. The van der Waals surface area contributed by atoms with Crippen LogP contribution in [0, 0.1) is 17.6 Å². The van der Waals surface area contributed by atoms with Crippen LogP contribution >= 0.6 is 0 Å². The summed E-state index contributed by atoms with van der Waals surface area (Å²) in [6.45, 7) is 1.85. The maximum absolute atomic E-state index is 13.7. The van der Waals surface area contributed by atoms with Crippen molar-refractivity contribution in [2.75, 3.05) is 18.4 Å². The molecule has 0 atom stereocenters. The van der Waals surface area contributed by atoms with Crippen LogP contribution < -0.4 is 5.32 Å². The first-order valence-electron chi connectivity index (χ1n) is 9.45. The van der Waals surface area contributed by atoms with Gasteiger partial charge in [0.1, 0.15) is 11.6 Å². The number of nitrogens with zero attached hydrogens (tertiary/aromatic N) is 3. The largest absolute Gasteiger partial charge is 0.338 e. The number of nitrogens with one attached hydrogen (secondary N) is 1. The molecule has 1 saturated heterocycles. The Morgan fingerprint density at radius 2 is 1.90 bits per heavy atom. The van der Waals surface area contributed by atoms with Crippen molar-refractivity contribution in [1.82, 2.24) is 15.0 Å². The fourth-order valence-electron chi connectivity index (χ4n) is 3.40. The second kappa shape index (κ2) is 8.48. The molecule has 150 valence electrons. The molecule has 1 aliphatic rings. The molecule has 2 heterocycles. The van der Waals surface area contributed by atoms with Gasteiger partial charge in [0.25, 0.3) is 0 Å². The smallest absolute Gasteiger partial charge is 0.241 e. The standard InChI is InChI=1S/C21H20F2N4O2/c22-16-6-7-17(23)18(12-16)24-21(28)15-8-10-27(11-9-15)13-19-25-20(26-29-19)14-4-2-1-3-5-14/h1-7,12,15H,8-11,13H2,(H,24,28). The van der Waals surface area contributed by atoms with E-state index >= 15 is 0 Å². The van der Waals surface area contributed by atoms with E-state index in [2.05, 4.69) is 20.4 Å². The Morgan fingerprint density at radius 1 is 1.14 bits per heavy atom. The molecular formula is C21H20F2N4O2. The first-order chi connectivity index (χ1) is 14.1. The van der Waals surface area contributed by atoms with E-state index in [1.807, 2.05) is 30.3 Å². The van der Waals surface area contributed by atoms with Crippen molar-refractivity contribution < 1.29 is 18.1 Å². The predicted octanol–water partition coefficient (Wildman–Crippen LogP) is 3.87. The number of hydrogen-bond donors (Lipinski definition) is 1. The summed E-state index contributed by atoms with van der Waals surface area (Å²) < 4.78 is 32.3. The second-order valence-corrected chi connectivity index (χ2v) is 7.04. The summed E-state index contributed by atoms with van der Waals surface area (Å²) in [5.41, 5.74) is 0.763. The number of likely N-dealkylation sites (tertiary alicyclic amines) is 1. The molecule has 1 N–H and O–H groups in total. The number of aromatic nitrogens is 2. The van der Waals surface area contributed by atoms with Crippen molar-refractivity contribution in [3.8, 4) is 11.4 Å². The lowest BCUT2D eigenvalue weighted by atomic mass is 9.96. The molecule has 1 fully saturated rings. The second-order valence-electron chi connectivity index (χ2n) is 7.04. The van der Waals surface area contributed by atoms with Crippen LogP contribution in [-0.2, 0) is 11.3 Å². The van der Waals surface area contributed by atoms with Crippen molar-refractivity contribution in [3.63, 3.8) is 0 Å². The van der Waals surface area contributed by atoms with E-state index < -0.39 is 11.6 Å². The molecular weight excluding hydrogens is 378 g/mol. The number of rotatable bonds is 5. The van der Waals surface area contributed by atoms with E-state index in [-0.39, 0.29) is 17.5 Å². The van der Waals surface area contributed by atoms with E-state index in [1.54, 1.807) is 0 Å². The quantitative estimate of drug-likeness (QED) is 0.707. The van der Waals surface area contributed by atoms with E-state index in [1.165, 1.54) is 0 Å². The number of carbonyl (C=O) groups is 1. The zero-order valence-corrected chi connectivity index (χ0v) is 15.6. The molecule has 0 bridgehead atoms. The van der Waals surface area contributed by atoms with Gasteiger partial charge in [0.15, 0.2) is 0 Å². The molecule has 1 aliphatic heterocycles. The highest BCUT2D eigenvalue weighted by Crippen LogP contribution is 2.23. The molecule has 0 unspecified atom stereocenters.